The molecule has 1 aromatic carbocycles. The molecule has 0 radical (unpaired) electrons. The fourth-order valence-corrected chi connectivity index (χ4v) is 6.26. The van der Waals surface area contributed by atoms with Gasteiger partial charge in [0.25, 0.3) is 5.91 Å². The van der Waals surface area contributed by atoms with Crippen LogP contribution in [0.25, 0.3) is 11.3 Å². The number of aryl methyl sites for hydroxylation is 1. The Morgan fingerprint density at radius 2 is 2.07 bits per heavy atom. The number of hydrogen-bond donors (Lipinski definition) is 0. The number of benzene rings is 1. The van der Waals surface area contributed by atoms with Crippen LogP contribution >= 0.6 is 0 Å². The highest BCUT2D eigenvalue weighted by molar-refractivity contribution is 7.92. The molecule has 0 bridgehead atoms. The van der Waals surface area contributed by atoms with Crippen LogP contribution in [-0.2, 0) is 16.9 Å². The summed E-state index contributed by atoms with van der Waals surface area (Å²) >= 11 is 0. The van der Waals surface area contributed by atoms with Crippen molar-refractivity contribution in [3.8, 4) is 11.3 Å². The monoisotopic (exact) mass is 383 g/mol. The van der Waals surface area contributed by atoms with Crippen molar-refractivity contribution in [1.29, 1.82) is 0 Å². The molecule has 3 aromatic rings. The fourth-order valence-electron chi connectivity index (χ4n) is 4.10. The zero-order valence-corrected chi connectivity index (χ0v) is 15.4. The number of furan rings is 1. The standard InChI is InChI=1S/C19H17N3O4S/c1-21-7-6-15(20-21)19(23)22-10-14-13-9-12(16-3-2-8-26-16)4-5-17(13)27(24,25)18(14)11-22/h2-9,14,18H,10-11H2,1H3/t14-,18-/m1/s1. The minimum absolute atomic E-state index is 0.188. The molecule has 2 aromatic heterocycles. The zero-order valence-electron chi connectivity index (χ0n) is 14.6. The topological polar surface area (TPSA) is 85.4 Å². The maximum Gasteiger partial charge on any atom is 0.274 e. The number of hydrogen-bond acceptors (Lipinski definition) is 5. The maximum atomic E-state index is 13.0. The van der Waals surface area contributed by atoms with E-state index in [0.717, 1.165) is 11.1 Å². The van der Waals surface area contributed by atoms with Crippen molar-refractivity contribution in [2.45, 2.75) is 16.1 Å². The third-order valence-electron chi connectivity index (χ3n) is 5.41. The van der Waals surface area contributed by atoms with Crippen molar-refractivity contribution < 1.29 is 17.6 Å². The average molecular weight is 383 g/mol. The largest absolute Gasteiger partial charge is 0.464 e. The number of carbonyl (C=O) groups is 1. The number of amides is 1. The molecule has 7 nitrogen and oxygen atoms in total. The van der Waals surface area contributed by atoms with E-state index in [1.54, 1.807) is 53.4 Å². The lowest BCUT2D eigenvalue weighted by atomic mass is 9.96. The first-order valence-electron chi connectivity index (χ1n) is 8.66. The van der Waals surface area contributed by atoms with Gasteiger partial charge in [-0.1, -0.05) is 0 Å². The van der Waals surface area contributed by atoms with Gasteiger partial charge in [0.1, 0.15) is 11.5 Å². The fraction of sp³-hybridized carbons (Fsp3) is 0.263. The summed E-state index contributed by atoms with van der Waals surface area (Å²) in [6.07, 6.45) is 3.29. The normalized spacial score (nSPS) is 22.6. The predicted octanol–water partition coefficient (Wildman–Crippen LogP) is 2.08. The van der Waals surface area contributed by atoms with E-state index in [9.17, 15) is 13.2 Å². The summed E-state index contributed by atoms with van der Waals surface area (Å²) in [6.45, 7) is 0.557. The Morgan fingerprint density at radius 3 is 2.78 bits per heavy atom. The molecule has 8 heteroatoms. The molecular weight excluding hydrogens is 366 g/mol. The van der Waals surface area contributed by atoms with Crippen molar-refractivity contribution in [3.05, 3.63) is 60.1 Å². The lowest BCUT2D eigenvalue weighted by molar-refractivity contribution is 0.0784. The first-order valence-corrected chi connectivity index (χ1v) is 10.2. The Morgan fingerprint density at radius 1 is 1.22 bits per heavy atom. The van der Waals surface area contributed by atoms with E-state index in [-0.39, 0.29) is 18.4 Å². The van der Waals surface area contributed by atoms with Gasteiger partial charge in [-0.3, -0.25) is 9.48 Å². The van der Waals surface area contributed by atoms with Crippen LogP contribution < -0.4 is 0 Å². The van der Waals surface area contributed by atoms with Crippen molar-refractivity contribution in [1.82, 2.24) is 14.7 Å². The molecule has 4 heterocycles. The van der Waals surface area contributed by atoms with Crippen LogP contribution in [0.15, 0.2) is 58.2 Å². The first-order chi connectivity index (χ1) is 12.9. The maximum absolute atomic E-state index is 13.0. The molecule has 1 amide bonds. The van der Waals surface area contributed by atoms with Crippen LogP contribution in [0.4, 0.5) is 0 Å². The van der Waals surface area contributed by atoms with E-state index in [2.05, 4.69) is 5.10 Å². The van der Waals surface area contributed by atoms with Gasteiger partial charge < -0.3 is 9.32 Å². The Hall–Kier alpha value is -2.87. The van der Waals surface area contributed by atoms with Gasteiger partial charge in [-0.05, 0) is 42.0 Å². The molecule has 5 rings (SSSR count). The SMILES string of the molecule is Cn1ccc(C(=O)N2C[C@@H]3c4cc(-c5ccco5)ccc4S(=O)(=O)[C@@H]3C2)n1. The molecule has 2 aliphatic rings. The molecule has 0 aliphatic carbocycles. The number of carbonyl (C=O) groups excluding carboxylic acids is 1. The molecule has 2 atom stereocenters. The number of aromatic nitrogens is 2. The van der Waals surface area contributed by atoms with Crippen LogP contribution in [0.2, 0.25) is 0 Å². The molecule has 1 saturated heterocycles. The quantitative estimate of drug-likeness (QED) is 0.676. The van der Waals surface area contributed by atoms with E-state index in [4.69, 9.17) is 4.42 Å². The van der Waals surface area contributed by atoms with Crippen molar-refractivity contribution in [3.63, 3.8) is 0 Å². The number of fused-ring (bicyclic) bond motifs is 3. The lowest BCUT2D eigenvalue weighted by Crippen LogP contribution is -2.32. The number of sulfone groups is 1. The summed E-state index contributed by atoms with van der Waals surface area (Å²) in [6, 6.07) is 10.6. The summed E-state index contributed by atoms with van der Waals surface area (Å²) in [7, 11) is -1.72. The van der Waals surface area contributed by atoms with Gasteiger partial charge in [0.15, 0.2) is 9.84 Å². The molecule has 0 saturated carbocycles. The predicted molar refractivity (Wildman–Crippen MR) is 97.0 cm³/mol. The summed E-state index contributed by atoms with van der Waals surface area (Å²) in [4.78, 5) is 14.7. The minimum atomic E-state index is -3.46. The van der Waals surface area contributed by atoms with Crippen LogP contribution in [0.5, 0.6) is 0 Å². The van der Waals surface area contributed by atoms with Gasteiger partial charge in [-0.2, -0.15) is 5.10 Å². The zero-order chi connectivity index (χ0) is 18.8. The average Bonchev–Trinajstić information content (AvgIpc) is 3.41. The summed E-state index contributed by atoms with van der Waals surface area (Å²) < 4.78 is 33.0. The molecule has 2 aliphatic heterocycles. The van der Waals surface area contributed by atoms with Gasteiger partial charge in [0.2, 0.25) is 0 Å². The molecule has 27 heavy (non-hydrogen) atoms. The van der Waals surface area contributed by atoms with E-state index in [1.807, 2.05) is 12.1 Å². The van der Waals surface area contributed by atoms with Gasteiger partial charge in [-0.15, -0.1) is 0 Å². The van der Waals surface area contributed by atoms with Gasteiger partial charge >= 0.3 is 0 Å². The van der Waals surface area contributed by atoms with E-state index >= 15 is 0 Å². The molecule has 138 valence electrons. The highest BCUT2D eigenvalue weighted by atomic mass is 32.2. The van der Waals surface area contributed by atoms with Crippen LogP contribution in [-0.4, -0.2) is 47.3 Å². The third kappa shape index (κ3) is 2.36. The van der Waals surface area contributed by atoms with Gasteiger partial charge in [0.05, 0.1) is 16.4 Å². The van der Waals surface area contributed by atoms with Crippen LogP contribution in [0.3, 0.4) is 0 Å². The van der Waals surface area contributed by atoms with E-state index in [1.165, 1.54) is 0 Å². The number of nitrogens with zero attached hydrogens (tertiary/aromatic N) is 3. The molecule has 1 fully saturated rings. The molecule has 0 spiro atoms. The molecule has 0 unspecified atom stereocenters. The van der Waals surface area contributed by atoms with Gasteiger partial charge in [-0.25, -0.2) is 8.42 Å². The van der Waals surface area contributed by atoms with E-state index in [0.29, 0.717) is 22.9 Å². The highest BCUT2D eigenvalue weighted by Crippen LogP contribution is 2.46. The molecular formula is C19H17N3O4S. The second-order valence-corrected chi connectivity index (χ2v) is 9.14. The van der Waals surface area contributed by atoms with E-state index < -0.39 is 15.1 Å². The van der Waals surface area contributed by atoms with Crippen LogP contribution in [0, 0.1) is 0 Å². The van der Waals surface area contributed by atoms with Crippen LogP contribution in [0.1, 0.15) is 22.0 Å². The Balaban J connectivity index is 1.52. The summed E-state index contributed by atoms with van der Waals surface area (Å²) in [5.74, 6) is 0.231. The van der Waals surface area contributed by atoms with Crippen molar-refractivity contribution >= 4 is 15.7 Å². The van der Waals surface area contributed by atoms with Crippen molar-refractivity contribution in [2.75, 3.05) is 13.1 Å². The number of rotatable bonds is 2. The van der Waals surface area contributed by atoms with Crippen molar-refractivity contribution in [2.24, 2.45) is 7.05 Å². The highest BCUT2D eigenvalue weighted by Gasteiger charge is 2.51. The summed E-state index contributed by atoms with van der Waals surface area (Å²) in [5.41, 5.74) is 1.94. The van der Waals surface area contributed by atoms with Gasteiger partial charge in [0, 0.05) is 37.8 Å². The Kier molecular flexibility index (Phi) is 3.36. The minimum Gasteiger partial charge on any atom is -0.464 e. The third-order valence-corrected chi connectivity index (χ3v) is 7.67. The second kappa shape index (κ2) is 5.56. The Labute approximate surface area is 156 Å². The second-order valence-electron chi connectivity index (χ2n) is 7.00. The smallest absolute Gasteiger partial charge is 0.274 e. The lowest BCUT2D eigenvalue weighted by Gasteiger charge is -2.16. The summed E-state index contributed by atoms with van der Waals surface area (Å²) in [5, 5.41) is 3.54. The molecule has 0 N–H and O–H groups in total. The number of likely N-dealkylation sites (tertiary alicyclic amines) is 1. The first kappa shape index (κ1) is 16.3. The Bertz CT molecular complexity index is 1150.